The first-order valence-corrected chi connectivity index (χ1v) is 10.2. The molecule has 0 radical (unpaired) electrons. The van der Waals surface area contributed by atoms with Crippen molar-refractivity contribution in [2.24, 2.45) is 0 Å². The van der Waals surface area contributed by atoms with E-state index in [4.69, 9.17) is 0 Å². The number of nitrogens with one attached hydrogen (secondary N) is 2. The van der Waals surface area contributed by atoms with Crippen molar-refractivity contribution in [3.8, 4) is 0 Å². The quantitative estimate of drug-likeness (QED) is 0.835. The highest BCUT2D eigenvalue weighted by Crippen LogP contribution is 2.29. The van der Waals surface area contributed by atoms with Gasteiger partial charge in [-0.3, -0.25) is 14.4 Å². The molecule has 0 spiro atoms. The Hall–Kier alpha value is -3.15. The monoisotopic (exact) mass is 391 g/mol. The van der Waals surface area contributed by atoms with Gasteiger partial charge in [-0.15, -0.1) is 0 Å². The van der Waals surface area contributed by atoms with Crippen molar-refractivity contribution in [2.75, 3.05) is 17.2 Å². The van der Waals surface area contributed by atoms with Gasteiger partial charge in [-0.25, -0.2) is 0 Å². The second-order valence-electron chi connectivity index (χ2n) is 7.62. The lowest BCUT2D eigenvalue weighted by Gasteiger charge is -2.34. The SMILES string of the molecule is O=C1CCCc2cc(NC(=O)[C@@H](c3ccccc3)N3CCCCC3=O)ccc2N1. The minimum atomic E-state index is -0.650. The molecule has 2 aliphatic heterocycles. The molecule has 6 heteroatoms. The molecule has 1 fully saturated rings. The highest BCUT2D eigenvalue weighted by Gasteiger charge is 2.32. The van der Waals surface area contributed by atoms with Gasteiger partial charge >= 0.3 is 0 Å². The lowest BCUT2D eigenvalue weighted by Crippen LogP contribution is -2.43. The van der Waals surface area contributed by atoms with Crippen LogP contribution in [0.1, 0.15) is 49.3 Å². The summed E-state index contributed by atoms with van der Waals surface area (Å²) in [6.45, 7) is 0.585. The maximum atomic E-state index is 13.3. The van der Waals surface area contributed by atoms with Crippen LogP contribution in [0.5, 0.6) is 0 Å². The van der Waals surface area contributed by atoms with Crippen LogP contribution < -0.4 is 10.6 Å². The number of hydrogen-bond donors (Lipinski definition) is 2. The molecule has 0 aliphatic carbocycles. The largest absolute Gasteiger partial charge is 0.327 e. The van der Waals surface area contributed by atoms with Crippen LogP contribution in [0.3, 0.4) is 0 Å². The molecule has 3 amide bonds. The van der Waals surface area contributed by atoms with Gasteiger partial charge in [-0.05, 0) is 55.0 Å². The number of piperidine rings is 1. The molecule has 0 bridgehead atoms. The summed E-state index contributed by atoms with van der Waals surface area (Å²) >= 11 is 0. The number of carbonyl (C=O) groups excluding carboxylic acids is 3. The minimum absolute atomic E-state index is 0.0184. The van der Waals surface area contributed by atoms with Crippen molar-refractivity contribution in [1.29, 1.82) is 0 Å². The molecule has 1 saturated heterocycles. The minimum Gasteiger partial charge on any atom is -0.327 e. The topological polar surface area (TPSA) is 78.5 Å². The summed E-state index contributed by atoms with van der Waals surface area (Å²) in [7, 11) is 0. The second kappa shape index (κ2) is 8.47. The summed E-state index contributed by atoms with van der Waals surface area (Å²) in [6.07, 6.45) is 4.32. The summed E-state index contributed by atoms with van der Waals surface area (Å²) in [5.41, 5.74) is 3.30. The first-order chi connectivity index (χ1) is 14.1. The van der Waals surface area contributed by atoms with Crippen molar-refractivity contribution in [3.05, 3.63) is 59.7 Å². The normalized spacial score (nSPS) is 17.7. The smallest absolute Gasteiger partial charge is 0.251 e. The van der Waals surface area contributed by atoms with E-state index in [0.29, 0.717) is 25.1 Å². The molecular formula is C23H25N3O3. The van der Waals surface area contributed by atoms with E-state index in [1.54, 1.807) is 11.0 Å². The molecule has 2 aliphatic rings. The maximum absolute atomic E-state index is 13.3. The fourth-order valence-corrected chi connectivity index (χ4v) is 4.07. The Morgan fingerprint density at radius 1 is 0.966 bits per heavy atom. The number of benzene rings is 2. The van der Waals surface area contributed by atoms with Crippen LogP contribution in [-0.4, -0.2) is 29.2 Å². The van der Waals surface area contributed by atoms with Crippen LogP contribution in [0, 0.1) is 0 Å². The van der Waals surface area contributed by atoms with Gasteiger partial charge in [0, 0.05) is 30.8 Å². The zero-order valence-corrected chi connectivity index (χ0v) is 16.3. The molecule has 2 aromatic rings. The molecule has 29 heavy (non-hydrogen) atoms. The van der Waals surface area contributed by atoms with Gasteiger partial charge in [0.25, 0.3) is 5.91 Å². The number of carbonyl (C=O) groups is 3. The first-order valence-electron chi connectivity index (χ1n) is 10.2. The summed E-state index contributed by atoms with van der Waals surface area (Å²) in [5.74, 6) is -0.178. The standard InChI is InChI=1S/C23H25N3O3/c27-20-10-6-9-17-15-18(12-13-19(17)25-20)24-23(29)22(16-7-2-1-3-8-16)26-14-5-4-11-21(26)28/h1-3,7-8,12-13,15,22H,4-6,9-11,14H2,(H,24,29)(H,25,27)/t22-/m1/s1. The van der Waals surface area contributed by atoms with Gasteiger partial charge in [0.15, 0.2) is 0 Å². The molecule has 2 aromatic carbocycles. The third-order valence-corrected chi connectivity index (χ3v) is 5.53. The number of amides is 3. The van der Waals surface area contributed by atoms with Gasteiger partial charge in [-0.2, -0.15) is 0 Å². The van der Waals surface area contributed by atoms with E-state index in [2.05, 4.69) is 10.6 Å². The van der Waals surface area contributed by atoms with Crippen LogP contribution in [0.2, 0.25) is 0 Å². The number of likely N-dealkylation sites (tertiary alicyclic amines) is 1. The van der Waals surface area contributed by atoms with Crippen molar-refractivity contribution in [3.63, 3.8) is 0 Å². The molecule has 0 saturated carbocycles. The molecule has 0 aromatic heterocycles. The van der Waals surface area contributed by atoms with Crippen molar-refractivity contribution in [2.45, 2.75) is 44.6 Å². The molecule has 1 atom stereocenters. The molecule has 4 rings (SSSR count). The van der Waals surface area contributed by atoms with E-state index < -0.39 is 6.04 Å². The Morgan fingerprint density at radius 2 is 1.79 bits per heavy atom. The predicted octanol–water partition coefficient (Wildman–Crippen LogP) is 3.65. The molecule has 150 valence electrons. The molecular weight excluding hydrogens is 366 g/mol. The Morgan fingerprint density at radius 3 is 2.59 bits per heavy atom. The Balaban J connectivity index is 1.59. The van der Waals surface area contributed by atoms with Gasteiger partial charge < -0.3 is 15.5 Å². The second-order valence-corrected chi connectivity index (χ2v) is 7.62. The van der Waals surface area contributed by atoms with Crippen LogP contribution in [-0.2, 0) is 20.8 Å². The summed E-state index contributed by atoms with van der Waals surface area (Å²) in [4.78, 5) is 39.2. The van der Waals surface area contributed by atoms with Crippen LogP contribution in [0.15, 0.2) is 48.5 Å². The third kappa shape index (κ3) is 4.31. The summed E-state index contributed by atoms with van der Waals surface area (Å²) in [5, 5.41) is 5.90. The number of fused-ring (bicyclic) bond motifs is 1. The number of hydrogen-bond acceptors (Lipinski definition) is 3. The Bertz CT molecular complexity index is 926. The Kier molecular flexibility index (Phi) is 5.60. The fourth-order valence-electron chi connectivity index (χ4n) is 4.07. The summed E-state index contributed by atoms with van der Waals surface area (Å²) < 4.78 is 0. The summed E-state index contributed by atoms with van der Waals surface area (Å²) in [6, 6.07) is 14.3. The highest BCUT2D eigenvalue weighted by atomic mass is 16.2. The van der Waals surface area contributed by atoms with Crippen LogP contribution in [0.25, 0.3) is 0 Å². The lowest BCUT2D eigenvalue weighted by atomic mass is 10.00. The van der Waals surface area contributed by atoms with Crippen molar-refractivity contribution < 1.29 is 14.4 Å². The van der Waals surface area contributed by atoms with Gasteiger partial charge in [0.2, 0.25) is 11.8 Å². The number of anilines is 2. The predicted molar refractivity (Wildman–Crippen MR) is 111 cm³/mol. The molecule has 6 nitrogen and oxygen atoms in total. The van der Waals surface area contributed by atoms with E-state index >= 15 is 0 Å². The van der Waals surface area contributed by atoms with Gasteiger partial charge in [0.1, 0.15) is 6.04 Å². The van der Waals surface area contributed by atoms with E-state index in [1.807, 2.05) is 42.5 Å². The zero-order chi connectivity index (χ0) is 20.2. The maximum Gasteiger partial charge on any atom is 0.251 e. The molecule has 0 unspecified atom stereocenters. The van der Waals surface area contributed by atoms with Crippen LogP contribution >= 0.6 is 0 Å². The van der Waals surface area contributed by atoms with E-state index in [9.17, 15) is 14.4 Å². The van der Waals surface area contributed by atoms with Gasteiger partial charge in [-0.1, -0.05) is 30.3 Å². The average Bonchev–Trinajstić information content (AvgIpc) is 2.91. The number of aryl methyl sites for hydroxylation is 1. The number of nitrogens with zero attached hydrogens (tertiary/aromatic N) is 1. The van der Waals surface area contributed by atoms with Crippen molar-refractivity contribution in [1.82, 2.24) is 4.90 Å². The zero-order valence-electron chi connectivity index (χ0n) is 16.3. The third-order valence-electron chi connectivity index (χ3n) is 5.53. The molecule has 2 heterocycles. The van der Waals surface area contributed by atoms with E-state index in [-0.39, 0.29) is 17.7 Å². The van der Waals surface area contributed by atoms with Crippen molar-refractivity contribution >= 4 is 29.1 Å². The van der Waals surface area contributed by atoms with E-state index in [0.717, 1.165) is 42.5 Å². The Labute approximate surface area is 170 Å². The first kappa shape index (κ1) is 19.2. The van der Waals surface area contributed by atoms with E-state index in [1.165, 1.54) is 0 Å². The fraction of sp³-hybridized carbons (Fsp3) is 0.348. The molecule has 2 N–H and O–H groups in total. The van der Waals surface area contributed by atoms with Crippen LogP contribution in [0.4, 0.5) is 11.4 Å². The van der Waals surface area contributed by atoms with Gasteiger partial charge in [0.05, 0.1) is 0 Å². The highest BCUT2D eigenvalue weighted by molar-refractivity contribution is 5.99. The number of rotatable bonds is 4. The average molecular weight is 391 g/mol. The lowest BCUT2D eigenvalue weighted by molar-refractivity contribution is -0.141.